The molecule has 3 rings (SSSR count). The molecule has 0 saturated carbocycles. The van der Waals surface area contributed by atoms with Crippen molar-refractivity contribution >= 4 is 29.1 Å². The lowest BCUT2D eigenvalue weighted by Crippen LogP contribution is -2.48. The van der Waals surface area contributed by atoms with Gasteiger partial charge in [-0.3, -0.25) is 0 Å². The van der Waals surface area contributed by atoms with Crippen LogP contribution in [0, 0.1) is 0 Å². The van der Waals surface area contributed by atoms with Crippen LogP contribution in [-0.2, 0) is 0 Å². The number of carbonyl (C=O) groups excluding carboxylic acids is 1. The predicted molar refractivity (Wildman–Crippen MR) is 98.8 cm³/mol. The highest BCUT2D eigenvalue weighted by Crippen LogP contribution is 2.30. The Labute approximate surface area is 151 Å². The Hall–Kier alpha value is -3.20. The molecule has 1 saturated heterocycles. The van der Waals surface area contributed by atoms with Gasteiger partial charge in [-0.05, 0) is 31.3 Å². The van der Waals surface area contributed by atoms with E-state index < -0.39 is 6.09 Å². The first-order valence-corrected chi connectivity index (χ1v) is 8.21. The zero-order chi connectivity index (χ0) is 18.5. The number of nitrogen functional groups attached to an aromatic ring is 2. The summed E-state index contributed by atoms with van der Waals surface area (Å²) in [5.41, 5.74) is 12.1. The van der Waals surface area contributed by atoms with E-state index in [1.165, 1.54) is 0 Å². The molecule has 1 amide bonds. The highest BCUT2D eigenvalue weighted by molar-refractivity contribution is 5.73. The Morgan fingerprint density at radius 2 is 1.73 bits per heavy atom. The predicted octanol–water partition coefficient (Wildman–Crippen LogP) is 2.41. The lowest BCUT2D eigenvalue weighted by molar-refractivity contribution is 0.120. The van der Waals surface area contributed by atoms with Crippen LogP contribution in [0.2, 0.25) is 0 Å². The molecule has 0 radical (unpaired) electrons. The summed E-state index contributed by atoms with van der Waals surface area (Å²) >= 11 is 0. The maximum Gasteiger partial charge on any atom is 0.415 e. The second-order valence-corrected chi connectivity index (χ2v) is 5.97. The molecule has 9 heteroatoms. The van der Waals surface area contributed by atoms with Gasteiger partial charge in [0.25, 0.3) is 0 Å². The van der Waals surface area contributed by atoms with Crippen LogP contribution in [0.15, 0.2) is 46.6 Å². The number of nitrogens with zero attached hydrogens (tertiary/aromatic N) is 5. The summed E-state index contributed by atoms with van der Waals surface area (Å²) in [6, 6.07) is 10.1. The van der Waals surface area contributed by atoms with Crippen LogP contribution < -0.4 is 16.2 Å². The van der Waals surface area contributed by atoms with Crippen molar-refractivity contribution in [1.29, 1.82) is 0 Å². The molecule has 26 heavy (non-hydrogen) atoms. The number of ether oxygens (including phenoxy) is 1. The minimum Gasteiger partial charge on any atom is -0.408 e. The molecular weight excluding hydrogens is 334 g/mol. The third-order valence-corrected chi connectivity index (χ3v) is 4.01. The van der Waals surface area contributed by atoms with Gasteiger partial charge in [-0.1, -0.05) is 12.1 Å². The standard InChI is InChI=1S/C17H21N7O2/c1-23-8-10-24(11-9-23)17(25)26-14-5-3-2-4-12(14)21-22-13-6-7-15(18)20-16(13)19/h2-7H,8-11H2,1H3,(H4,18,19,20). The van der Waals surface area contributed by atoms with E-state index in [9.17, 15) is 4.79 Å². The molecule has 4 N–H and O–H groups in total. The molecule has 2 aromatic rings. The van der Waals surface area contributed by atoms with Crippen LogP contribution in [0.25, 0.3) is 0 Å². The number of nitrogens with two attached hydrogens (primary N) is 2. The first-order valence-electron chi connectivity index (χ1n) is 8.21. The van der Waals surface area contributed by atoms with Crippen molar-refractivity contribution in [1.82, 2.24) is 14.8 Å². The fourth-order valence-corrected chi connectivity index (χ4v) is 2.45. The third kappa shape index (κ3) is 4.25. The van der Waals surface area contributed by atoms with Gasteiger partial charge >= 0.3 is 6.09 Å². The molecule has 1 aliphatic rings. The molecule has 0 bridgehead atoms. The molecule has 1 aromatic carbocycles. The Morgan fingerprint density at radius 3 is 2.46 bits per heavy atom. The average Bonchev–Trinajstić information content (AvgIpc) is 2.62. The number of likely N-dealkylation sites (N-methyl/N-ethyl adjacent to an activating group) is 1. The molecule has 1 aromatic heterocycles. The molecule has 1 fully saturated rings. The third-order valence-electron chi connectivity index (χ3n) is 4.01. The van der Waals surface area contributed by atoms with E-state index in [4.69, 9.17) is 16.2 Å². The fraction of sp³-hybridized carbons (Fsp3) is 0.294. The molecule has 2 heterocycles. The normalized spacial score (nSPS) is 15.3. The second-order valence-electron chi connectivity index (χ2n) is 5.97. The number of anilines is 2. The number of azo groups is 1. The number of para-hydroxylation sites is 1. The van der Waals surface area contributed by atoms with E-state index in [1.54, 1.807) is 41.3 Å². The van der Waals surface area contributed by atoms with Crippen molar-refractivity contribution in [3.05, 3.63) is 36.4 Å². The minimum absolute atomic E-state index is 0.181. The quantitative estimate of drug-likeness (QED) is 0.815. The van der Waals surface area contributed by atoms with Crippen LogP contribution in [0.1, 0.15) is 0 Å². The Kier molecular flexibility index (Phi) is 5.28. The van der Waals surface area contributed by atoms with Gasteiger partial charge in [-0.25, -0.2) is 9.78 Å². The lowest BCUT2D eigenvalue weighted by atomic mass is 10.3. The van der Waals surface area contributed by atoms with E-state index in [2.05, 4.69) is 20.1 Å². The SMILES string of the molecule is CN1CCN(C(=O)Oc2ccccc2N=Nc2ccc(N)nc2N)CC1. The van der Waals surface area contributed by atoms with Crippen LogP contribution >= 0.6 is 0 Å². The van der Waals surface area contributed by atoms with Crippen LogP contribution in [0.4, 0.5) is 27.8 Å². The van der Waals surface area contributed by atoms with Gasteiger partial charge in [-0.15, -0.1) is 10.2 Å². The first-order chi connectivity index (χ1) is 12.5. The van der Waals surface area contributed by atoms with Gasteiger partial charge in [0.2, 0.25) is 0 Å². The van der Waals surface area contributed by atoms with Crippen molar-refractivity contribution in [3.8, 4) is 5.75 Å². The maximum atomic E-state index is 12.4. The molecule has 1 aliphatic heterocycles. The number of hydrogen-bond donors (Lipinski definition) is 2. The fourth-order valence-electron chi connectivity index (χ4n) is 2.45. The average molecular weight is 355 g/mol. The molecule has 0 aliphatic carbocycles. The number of pyridine rings is 1. The number of rotatable bonds is 3. The minimum atomic E-state index is -0.394. The summed E-state index contributed by atoms with van der Waals surface area (Å²) in [5.74, 6) is 0.825. The molecule has 136 valence electrons. The summed E-state index contributed by atoms with van der Waals surface area (Å²) in [6.07, 6.45) is -0.394. The van der Waals surface area contributed by atoms with Gasteiger partial charge in [0.1, 0.15) is 17.2 Å². The van der Waals surface area contributed by atoms with Crippen LogP contribution in [0.5, 0.6) is 5.75 Å². The molecule has 0 atom stereocenters. The summed E-state index contributed by atoms with van der Waals surface area (Å²) < 4.78 is 5.51. The van der Waals surface area contributed by atoms with Crippen molar-refractivity contribution in [2.75, 3.05) is 44.7 Å². The highest BCUT2D eigenvalue weighted by atomic mass is 16.6. The maximum absolute atomic E-state index is 12.4. The zero-order valence-corrected chi connectivity index (χ0v) is 14.5. The smallest absolute Gasteiger partial charge is 0.408 e. The summed E-state index contributed by atoms with van der Waals surface area (Å²) in [6.45, 7) is 2.90. The topological polar surface area (TPSA) is 122 Å². The van der Waals surface area contributed by atoms with E-state index >= 15 is 0 Å². The van der Waals surface area contributed by atoms with Crippen molar-refractivity contribution in [2.45, 2.75) is 0 Å². The molecular formula is C17H21N7O2. The van der Waals surface area contributed by atoms with Crippen molar-refractivity contribution in [2.24, 2.45) is 10.2 Å². The monoisotopic (exact) mass is 355 g/mol. The number of amides is 1. The number of carbonyl (C=O) groups is 1. The first kappa shape index (κ1) is 17.6. The lowest BCUT2D eigenvalue weighted by Gasteiger charge is -2.31. The van der Waals surface area contributed by atoms with E-state index in [-0.39, 0.29) is 5.82 Å². The summed E-state index contributed by atoms with van der Waals surface area (Å²) in [5, 5.41) is 8.22. The number of hydrogen-bond acceptors (Lipinski definition) is 8. The van der Waals surface area contributed by atoms with Crippen molar-refractivity contribution in [3.63, 3.8) is 0 Å². The van der Waals surface area contributed by atoms with Gasteiger partial charge in [-0.2, -0.15) is 0 Å². The molecule has 0 unspecified atom stereocenters. The van der Waals surface area contributed by atoms with E-state index in [0.29, 0.717) is 36.0 Å². The Morgan fingerprint density at radius 1 is 1.04 bits per heavy atom. The van der Waals surface area contributed by atoms with Gasteiger partial charge in [0.15, 0.2) is 11.6 Å². The molecule has 9 nitrogen and oxygen atoms in total. The van der Waals surface area contributed by atoms with Gasteiger partial charge in [0.05, 0.1) is 0 Å². The van der Waals surface area contributed by atoms with Crippen molar-refractivity contribution < 1.29 is 9.53 Å². The van der Waals surface area contributed by atoms with Crippen LogP contribution in [-0.4, -0.2) is 54.1 Å². The summed E-state index contributed by atoms with van der Waals surface area (Å²) in [4.78, 5) is 20.1. The van der Waals surface area contributed by atoms with Gasteiger partial charge in [0, 0.05) is 26.2 Å². The van der Waals surface area contributed by atoms with E-state index in [0.717, 1.165) is 13.1 Å². The largest absolute Gasteiger partial charge is 0.415 e. The number of piperazine rings is 1. The number of aromatic nitrogens is 1. The van der Waals surface area contributed by atoms with E-state index in [1.807, 2.05) is 7.05 Å². The Balaban J connectivity index is 1.73. The second kappa shape index (κ2) is 7.79. The Bertz CT molecular complexity index is 817. The van der Waals surface area contributed by atoms with Crippen LogP contribution in [0.3, 0.4) is 0 Å². The van der Waals surface area contributed by atoms with Gasteiger partial charge < -0.3 is 26.0 Å². The summed E-state index contributed by atoms with van der Waals surface area (Å²) in [7, 11) is 2.02. The zero-order valence-electron chi connectivity index (χ0n) is 14.5. The molecule has 0 spiro atoms. The highest BCUT2D eigenvalue weighted by Gasteiger charge is 2.21. The number of benzene rings is 1.